The molecule has 2 aromatic carbocycles. The van der Waals surface area contributed by atoms with E-state index in [1.54, 1.807) is 24.3 Å². The molecular formula is C21H19NO5. The maximum absolute atomic E-state index is 12.5. The van der Waals surface area contributed by atoms with Crippen LogP contribution in [-0.4, -0.2) is 41.1 Å². The van der Waals surface area contributed by atoms with Gasteiger partial charge in [-0.2, -0.15) is 0 Å². The number of Topliss-reactive ketones (excluding diaryl/α,β-unsaturated/α-hetero) is 1. The number of nitrogens with zero attached hydrogens (tertiary/aromatic N) is 1. The van der Waals surface area contributed by atoms with Gasteiger partial charge in [0.1, 0.15) is 6.54 Å². The molecular weight excluding hydrogens is 346 g/mol. The first-order valence-corrected chi connectivity index (χ1v) is 8.55. The number of imide groups is 1. The lowest BCUT2D eigenvalue weighted by atomic mass is 10.0. The average Bonchev–Trinajstić information content (AvgIpc) is 2.88. The summed E-state index contributed by atoms with van der Waals surface area (Å²) in [5, 5.41) is 0. The van der Waals surface area contributed by atoms with Crippen LogP contribution in [-0.2, 0) is 9.53 Å². The molecule has 0 unspecified atom stereocenters. The number of carbonyl (C=O) groups excluding carboxylic acids is 4. The summed E-state index contributed by atoms with van der Waals surface area (Å²) in [6.07, 6.45) is -1.02. The first kappa shape index (κ1) is 18.5. The molecule has 6 heteroatoms. The topological polar surface area (TPSA) is 80.8 Å². The zero-order valence-corrected chi connectivity index (χ0v) is 15.3. The Bertz CT molecular complexity index is 928. The second-order valence-corrected chi connectivity index (χ2v) is 6.54. The molecule has 1 atom stereocenters. The summed E-state index contributed by atoms with van der Waals surface area (Å²) in [4.78, 5) is 50.1. The minimum Gasteiger partial charge on any atom is -0.453 e. The Hall–Kier alpha value is -3.28. The molecule has 0 radical (unpaired) electrons. The van der Waals surface area contributed by atoms with E-state index in [4.69, 9.17) is 4.74 Å². The Labute approximate surface area is 156 Å². The molecule has 2 amide bonds. The largest absolute Gasteiger partial charge is 0.453 e. The highest BCUT2D eigenvalue weighted by Gasteiger charge is 2.37. The molecule has 6 nitrogen and oxygen atoms in total. The van der Waals surface area contributed by atoms with E-state index in [9.17, 15) is 19.2 Å². The van der Waals surface area contributed by atoms with E-state index >= 15 is 0 Å². The van der Waals surface area contributed by atoms with Crippen molar-refractivity contribution in [2.75, 3.05) is 6.54 Å². The number of benzene rings is 2. The second kappa shape index (κ2) is 7.15. The molecule has 1 aliphatic rings. The summed E-state index contributed by atoms with van der Waals surface area (Å²) in [5.74, 6) is -2.23. The number of fused-ring (bicyclic) bond motifs is 1. The summed E-state index contributed by atoms with van der Waals surface area (Å²) in [6, 6.07) is 11.6. The molecule has 3 rings (SSSR count). The monoisotopic (exact) mass is 365 g/mol. The predicted octanol–water partition coefficient (Wildman–Crippen LogP) is 2.71. The lowest BCUT2D eigenvalue weighted by Crippen LogP contribution is -2.37. The van der Waals surface area contributed by atoms with Crippen molar-refractivity contribution in [1.82, 2.24) is 4.90 Å². The standard InChI is InChI=1S/C21H19NO5/c1-12-8-9-15(10-13(12)2)19(24)14(3)27-18(23)11-22-20(25)16-6-4-5-7-17(16)21(22)26/h4-10,14H,11H2,1-3H3/t14-/m1/s1. The number of amides is 2. The van der Waals surface area contributed by atoms with Gasteiger partial charge in [-0.3, -0.25) is 24.1 Å². The van der Waals surface area contributed by atoms with E-state index in [-0.39, 0.29) is 16.9 Å². The summed E-state index contributed by atoms with van der Waals surface area (Å²) in [6.45, 7) is 4.77. The Balaban J connectivity index is 1.66. The quantitative estimate of drug-likeness (QED) is 0.462. The summed E-state index contributed by atoms with van der Waals surface area (Å²) in [7, 11) is 0. The molecule has 1 aliphatic heterocycles. The third-order valence-corrected chi connectivity index (χ3v) is 4.63. The molecule has 0 N–H and O–H groups in total. The number of rotatable bonds is 5. The van der Waals surface area contributed by atoms with E-state index in [1.165, 1.54) is 19.1 Å². The first-order chi connectivity index (χ1) is 12.8. The van der Waals surface area contributed by atoms with Gasteiger partial charge >= 0.3 is 5.97 Å². The Morgan fingerprint density at radius 3 is 2.11 bits per heavy atom. The van der Waals surface area contributed by atoms with Gasteiger partial charge in [-0.15, -0.1) is 0 Å². The smallest absolute Gasteiger partial charge is 0.326 e. The van der Waals surface area contributed by atoms with Crippen LogP contribution in [0.3, 0.4) is 0 Å². The van der Waals surface area contributed by atoms with Crippen molar-refractivity contribution in [3.8, 4) is 0 Å². The van der Waals surface area contributed by atoms with Crippen molar-refractivity contribution in [3.05, 3.63) is 70.3 Å². The molecule has 0 saturated carbocycles. The van der Waals surface area contributed by atoms with Gasteiger partial charge in [0.25, 0.3) is 11.8 Å². The van der Waals surface area contributed by atoms with Crippen LogP contribution in [0.2, 0.25) is 0 Å². The van der Waals surface area contributed by atoms with Crippen molar-refractivity contribution in [2.45, 2.75) is 26.9 Å². The zero-order chi connectivity index (χ0) is 19.7. The van der Waals surface area contributed by atoms with Gasteiger partial charge in [0.2, 0.25) is 5.78 Å². The number of ether oxygens (including phenoxy) is 1. The van der Waals surface area contributed by atoms with Crippen molar-refractivity contribution >= 4 is 23.6 Å². The summed E-state index contributed by atoms with van der Waals surface area (Å²) in [5.41, 5.74) is 2.98. The number of aryl methyl sites for hydroxylation is 2. The zero-order valence-electron chi connectivity index (χ0n) is 15.3. The summed E-state index contributed by atoms with van der Waals surface area (Å²) >= 11 is 0. The molecule has 1 heterocycles. The lowest BCUT2D eigenvalue weighted by molar-refractivity contribution is -0.146. The first-order valence-electron chi connectivity index (χ1n) is 8.55. The van der Waals surface area contributed by atoms with Crippen LogP contribution in [0.25, 0.3) is 0 Å². The fourth-order valence-electron chi connectivity index (χ4n) is 2.93. The van der Waals surface area contributed by atoms with Gasteiger partial charge in [-0.1, -0.05) is 24.3 Å². The molecule has 0 spiro atoms. The van der Waals surface area contributed by atoms with Gasteiger partial charge in [-0.05, 0) is 50.1 Å². The molecule has 0 fully saturated rings. The number of carbonyl (C=O) groups is 4. The van der Waals surface area contributed by atoms with E-state index < -0.39 is 30.4 Å². The number of hydrogen-bond donors (Lipinski definition) is 0. The molecule has 2 aromatic rings. The third kappa shape index (κ3) is 3.51. The number of ketones is 1. The number of hydrogen-bond acceptors (Lipinski definition) is 5. The van der Waals surface area contributed by atoms with E-state index in [1.807, 2.05) is 19.9 Å². The molecule has 0 aromatic heterocycles. The Morgan fingerprint density at radius 2 is 1.56 bits per heavy atom. The highest BCUT2D eigenvalue weighted by molar-refractivity contribution is 6.22. The van der Waals surface area contributed by atoms with Crippen LogP contribution < -0.4 is 0 Å². The van der Waals surface area contributed by atoms with Gasteiger partial charge < -0.3 is 4.74 Å². The molecule has 0 aliphatic carbocycles. The maximum Gasteiger partial charge on any atom is 0.326 e. The van der Waals surface area contributed by atoms with Crippen LogP contribution in [0.1, 0.15) is 49.1 Å². The Kier molecular flexibility index (Phi) is 4.90. The van der Waals surface area contributed by atoms with Crippen LogP contribution in [0.15, 0.2) is 42.5 Å². The van der Waals surface area contributed by atoms with E-state index in [2.05, 4.69) is 0 Å². The van der Waals surface area contributed by atoms with Gasteiger partial charge in [-0.25, -0.2) is 0 Å². The van der Waals surface area contributed by atoms with Gasteiger partial charge in [0.15, 0.2) is 6.10 Å². The Morgan fingerprint density at radius 1 is 0.963 bits per heavy atom. The van der Waals surface area contributed by atoms with Gasteiger partial charge in [0.05, 0.1) is 11.1 Å². The molecule has 0 saturated heterocycles. The fourth-order valence-corrected chi connectivity index (χ4v) is 2.93. The molecule has 138 valence electrons. The third-order valence-electron chi connectivity index (χ3n) is 4.63. The van der Waals surface area contributed by atoms with Crippen LogP contribution >= 0.6 is 0 Å². The maximum atomic E-state index is 12.5. The van der Waals surface area contributed by atoms with Crippen LogP contribution in [0, 0.1) is 13.8 Å². The van der Waals surface area contributed by atoms with Crippen molar-refractivity contribution in [1.29, 1.82) is 0 Å². The molecule has 0 bridgehead atoms. The SMILES string of the molecule is Cc1ccc(C(=O)[C@@H](C)OC(=O)CN2C(=O)c3ccccc3C2=O)cc1C. The van der Waals surface area contributed by atoms with E-state index in [0.717, 1.165) is 16.0 Å². The van der Waals surface area contributed by atoms with Crippen LogP contribution in [0.5, 0.6) is 0 Å². The summed E-state index contributed by atoms with van der Waals surface area (Å²) < 4.78 is 5.16. The minimum absolute atomic E-state index is 0.259. The van der Waals surface area contributed by atoms with Crippen molar-refractivity contribution < 1.29 is 23.9 Å². The second-order valence-electron chi connectivity index (χ2n) is 6.54. The van der Waals surface area contributed by atoms with Gasteiger partial charge in [0, 0.05) is 5.56 Å². The lowest BCUT2D eigenvalue weighted by Gasteiger charge is -2.16. The minimum atomic E-state index is -1.02. The predicted molar refractivity (Wildman–Crippen MR) is 97.6 cm³/mol. The highest BCUT2D eigenvalue weighted by Crippen LogP contribution is 2.22. The fraction of sp³-hybridized carbons (Fsp3) is 0.238. The van der Waals surface area contributed by atoms with Crippen molar-refractivity contribution in [2.24, 2.45) is 0 Å². The van der Waals surface area contributed by atoms with Crippen LogP contribution in [0.4, 0.5) is 0 Å². The molecule has 27 heavy (non-hydrogen) atoms. The normalized spacial score (nSPS) is 14.1. The average molecular weight is 365 g/mol. The van der Waals surface area contributed by atoms with Crippen molar-refractivity contribution in [3.63, 3.8) is 0 Å². The number of esters is 1. The highest BCUT2D eigenvalue weighted by atomic mass is 16.5. The van der Waals surface area contributed by atoms with E-state index in [0.29, 0.717) is 5.56 Å².